The van der Waals surface area contributed by atoms with Gasteiger partial charge >= 0.3 is 5.97 Å². The Kier molecular flexibility index (Phi) is 14.1. The average molecular weight is 393 g/mol. The fourth-order valence-corrected chi connectivity index (χ4v) is 3.42. The number of carbonyl (C=O) groups excluding carboxylic acids is 1. The van der Waals surface area contributed by atoms with E-state index in [1.165, 1.54) is 90.2 Å². The first kappa shape index (κ1) is 24.3. The number of methoxy groups -OCH3 is 1. The van der Waals surface area contributed by atoms with Gasteiger partial charge in [-0.1, -0.05) is 96.5 Å². The summed E-state index contributed by atoms with van der Waals surface area (Å²) in [6, 6.07) is 4.74. The Morgan fingerprint density at radius 1 is 0.821 bits per heavy atom. The lowest BCUT2D eigenvalue weighted by atomic mass is 10.0. The highest BCUT2D eigenvalue weighted by atomic mass is 16.5. The Balaban J connectivity index is 2.00. The molecule has 0 aliphatic heterocycles. The highest BCUT2D eigenvalue weighted by Crippen LogP contribution is 2.30. The van der Waals surface area contributed by atoms with Gasteiger partial charge in [-0.3, -0.25) is 0 Å². The molecule has 0 spiro atoms. The summed E-state index contributed by atoms with van der Waals surface area (Å²) in [5.74, 6) is -0.288. The molecule has 4 heteroatoms. The minimum atomic E-state index is -0.494. The maximum atomic E-state index is 11.7. The first-order chi connectivity index (χ1) is 13.7. The lowest BCUT2D eigenvalue weighted by Gasteiger charge is -2.11. The van der Waals surface area contributed by atoms with Crippen LogP contribution in [0.1, 0.15) is 107 Å². The molecule has 0 heterocycles. The summed E-state index contributed by atoms with van der Waals surface area (Å²) in [5, 5.41) is 9.92. The smallest absolute Gasteiger partial charge is 0.341 e. The Morgan fingerprint density at radius 2 is 1.32 bits per heavy atom. The van der Waals surface area contributed by atoms with Gasteiger partial charge in [0.05, 0.1) is 13.7 Å². The first-order valence-electron chi connectivity index (χ1n) is 11.2. The van der Waals surface area contributed by atoms with Crippen molar-refractivity contribution in [3.63, 3.8) is 0 Å². The lowest BCUT2D eigenvalue weighted by molar-refractivity contribution is 0.0595. The van der Waals surface area contributed by atoms with Gasteiger partial charge in [0.15, 0.2) is 11.5 Å². The number of rotatable bonds is 17. The number of phenols is 1. The number of ether oxygens (including phenoxy) is 2. The van der Waals surface area contributed by atoms with Gasteiger partial charge in [0.2, 0.25) is 0 Å². The van der Waals surface area contributed by atoms with E-state index >= 15 is 0 Å². The van der Waals surface area contributed by atoms with E-state index in [-0.39, 0.29) is 17.1 Å². The van der Waals surface area contributed by atoms with Crippen molar-refractivity contribution >= 4 is 5.97 Å². The maximum Gasteiger partial charge on any atom is 0.341 e. The van der Waals surface area contributed by atoms with Crippen molar-refractivity contribution in [2.24, 2.45) is 0 Å². The molecule has 1 N–H and O–H groups in total. The molecule has 4 nitrogen and oxygen atoms in total. The Morgan fingerprint density at radius 3 is 1.82 bits per heavy atom. The molecule has 0 aromatic heterocycles. The van der Waals surface area contributed by atoms with Gasteiger partial charge < -0.3 is 14.6 Å². The second kappa shape index (κ2) is 16.3. The zero-order chi connectivity index (χ0) is 20.5. The van der Waals surface area contributed by atoms with E-state index in [0.29, 0.717) is 6.61 Å². The molecule has 0 atom stereocenters. The number of hydrogen-bond donors (Lipinski definition) is 1. The predicted molar refractivity (Wildman–Crippen MR) is 115 cm³/mol. The van der Waals surface area contributed by atoms with E-state index in [4.69, 9.17) is 9.47 Å². The van der Waals surface area contributed by atoms with Crippen LogP contribution in [0.3, 0.4) is 0 Å². The van der Waals surface area contributed by atoms with Crippen molar-refractivity contribution in [2.45, 2.75) is 96.8 Å². The van der Waals surface area contributed by atoms with Gasteiger partial charge in [-0.2, -0.15) is 0 Å². The molecule has 1 aromatic carbocycles. The van der Waals surface area contributed by atoms with Crippen molar-refractivity contribution in [1.29, 1.82) is 0 Å². The van der Waals surface area contributed by atoms with E-state index < -0.39 is 5.97 Å². The molecule has 1 rings (SSSR count). The van der Waals surface area contributed by atoms with Gasteiger partial charge in [-0.05, 0) is 18.6 Å². The zero-order valence-corrected chi connectivity index (χ0v) is 18.0. The summed E-state index contributed by atoms with van der Waals surface area (Å²) < 4.78 is 10.4. The molecule has 28 heavy (non-hydrogen) atoms. The standard InChI is InChI=1S/C24H40O4/c1-3-4-5-6-7-8-9-10-11-12-13-14-15-16-20-28-23-21(24(26)27-2)18-17-19-22(23)25/h17-19,25H,3-16,20H2,1-2H3. The number of phenolic OH excluding ortho intramolecular Hbond substituents is 1. The Hall–Kier alpha value is -1.71. The molecule has 1 aromatic rings. The summed E-state index contributed by atoms with van der Waals surface area (Å²) in [4.78, 5) is 11.7. The molecule has 0 saturated heterocycles. The Bertz CT molecular complexity index is 527. The summed E-state index contributed by atoms with van der Waals surface area (Å²) >= 11 is 0. The lowest BCUT2D eigenvalue weighted by Crippen LogP contribution is -2.06. The van der Waals surface area contributed by atoms with E-state index in [1.54, 1.807) is 12.1 Å². The summed E-state index contributed by atoms with van der Waals surface area (Å²) in [5.41, 5.74) is 0.271. The third-order valence-electron chi connectivity index (χ3n) is 5.14. The highest BCUT2D eigenvalue weighted by Gasteiger charge is 2.16. The zero-order valence-electron chi connectivity index (χ0n) is 18.0. The van der Waals surface area contributed by atoms with Crippen LogP contribution in [0.15, 0.2) is 18.2 Å². The second-order valence-corrected chi connectivity index (χ2v) is 7.59. The normalized spacial score (nSPS) is 10.8. The van der Waals surface area contributed by atoms with Gasteiger partial charge in [-0.15, -0.1) is 0 Å². The van der Waals surface area contributed by atoms with Crippen LogP contribution in [0.25, 0.3) is 0 Å². The molecular formula is C24H40O4. The van der Waals surface area contributed by atoms with Crippen LogP contribution in [0.5, 0.6) is 11.5 Å². The molecule has 160 valence electrons. The van der Waals surface area contributed by atoms with E-state index in [2.05, 4.69) is 6.92 Å². The van der Waals surface area contributed by atoms with E-state index in [0.717, 1.165) is 12.8 Å². The molecule has 0 aliphatic carbocycles. The second-order valence-electron chi connectivity index (χ2n) is 7.59. The summed E-state index contributed by atoms with van der Waals surface area (Å²) in [6.07, 6.45) is 18.3. The average Bonchev–Trinajstić information content (AvgIpc) is 2.71. The topological polar surface area (TPSA) is 55.8 Å². The number of benzene rings is 1. The number of unbranched alkanes of at least 4 members (excludes halogenated alkanes) is 13. The quantitative estimate of drug-likeness (QED) is 0.228. The maximum absolute atomic E-state index is 11.7. The molecule has 0 saturated carbocycles. The fourth-order valence-electron chi connectivity index (χ4n) is 3.42. The molecule has 0 aliphatic rings. The van der Waals surface area contributed by atoms with Crippen molar-refractivity contribution in [3.8, 4) is 11.5 Å². The number of para-hydroxylation sites is 1. The third kappa shape index (κ3) is 10.6. The first-order valence-corrected chi connectivity index (χ1v) is 11.2. The molecule has 0 bridgehead atoms. The van der Waals surface area contributed by atoms with Crippen LogP contribution in [-0.2, 0) is 4.74 Å². The van der Waals surface area contributed by atoms with Gasteiger partial charge in [0.1, 0.15) is 5.56 Å². The monoisotopic (exact) mass is 392 g/mol. The minimum absolute atomic E-state index is 0.0201. The molecule has 0 radical (unpaired) electrons. The molecule has 0 unspecified atom stereocenters. The minimum Gasteiger partial charge on any atom is -0.504 e. The van der Waals surface area contributed by atoms with Crippen molar-refractivity contribution in [1.82, 2.24) is 0 Å². The van der Waals surface area contributed by atoms with Crippen LogP contribution in [0.4, 0.5) is 0 Å². The summed E-state index contributed by atoms with van der Waals surface area (Å²) in [6.45, 7) is 2.77. The van der Waals surface area contributed by atoms with Crippen molar-refractivity contribution < 1.29 is 19.4 Å². The highest BCUT2D eigenvalue weighted by molar-refractivity contribution is 5.93. The number of carbonyl (C=O) groups is 1. The molecular weight excluding hydrogens is 352 g/mol. The van der Waals surface area contributed by atoms with Crippen molar-refractivity contribution in [3.05, 3.63) is 23.8 Å². The van der Waals surface area contributed by atoms with Crippen LogP contribution >= 0.6 is 0 Å². The van der Waals surface area contributed by atoms with E-state index in [9.17, 15) is 9.90 Å². The van der Waals surface area contributed by atoms with Crippen LogP contribution in [0, 0.1) is 0 Å². The Labute approximate surface area is 171 Å². The third-order valence-corrected chi connectivity index (χ3v) is 5.14. The van der Waals surface area contributed by atoms with Crippen LogP contribution < -0.4 is 4.74 Å². The summed E-state index contributed by atoms with van der Waals surface area (Å²) in [7, 11) is 1.32. The van der Waals surface area contributed by atoms with Crippen molar-refractivity contribution in [2.75, 3.05) is 13.7 Å². The van der Waals surface area contributed by atoms with E-state index in [1.807, 2.05) is 0 Å². The SMILES string of the molecule is CCCCCCCCCCCCCCCCOc1c(O)cccc1C(=O)OC. The van der Waals surface area contributed by atoms with Crippen LogP contribution in [0.2, 0.25) is 0 Å². The van der Waals surface area contributed by atoms with Gasteiger partial charge in [-0.25, -0.2) is 4.79 Å². The predicted octanol–water partition coefficient (Wildman–Crippen LogP) is 7.04. The fraction of sp³-hybridized carbons (Fsp3) is 0.708. The number of esters is 1. The van der Waals surface area contributed by atoms with Crippen LogP contribution in [-0.4, -0.2) is 24.8 Å². The van der Waals surface area contributed by atoms with Gasteiger partial charge in [0, 0.05) is 0 Å². The largest absolute Gasteiger partial charge is 0.504 e. The van der Waals surface area contributed by atoms with Gasteiger partial charge in [0.25, 0.3) is 0 Å². The molecule has 0 fully saturated rings. The molecule has 0 amide bonds. The number of hydrogen-bond acceptors (Lipinski definition) is 4. The number of aromatic hydroxyl groups is 1.